The molecule has 0 N–H and O–H groups in total. The maximum Gasteiger partial charge on any atom is 0.332 e. The summed E-state index contributed by atoms with van der Waals surface area (Å²) >= 11 is 1.37. The third kappa shape index (κ3) is 2.77. The number of aryl methyl sites for hydroxylation is 1. The molecule has 21 heavy (non-hydrogen) atoms. The Morgan fingerprint density at radius 1 is 1.29 bits per heavy atom. The van der Waals surface area contributed by atoms with Gasteiger partial charge in [-0.25, -0.2) is 14.8 Å². The summed E-state index contributed by atoms with van der Waals surface area (Å²) in [5.74, 6) is 1.03. The molecule has 112 valence electrons. The Labute approximate surface area is 125 Å². The van der Waals surface area contributed by atoms with E-state index in [1.807, 2.05) is 0 Å². The minimum Gasteiger partial charge on any atom is -0.377 e. The maximum atomic E-state index is 12.4. The van der Waals surface area contributed by atoms with Crippen molar-refractivity contribution in [3.8, 4) is 0 Å². The average Bonchev–Trinajstić information content (AvgIpc) is 2.48. The van der Waals surface area contributed by atoms with Crippen molar-refractivity contribution >= 4 is 22.8 Å². The number of hydrogen-bond donors (Lipinski definition) is 0. The van der Waals surface area contributed by atoms with Crippen molar-refractivity contribution in [2.75, 3.05) is 12.9 Å². The van der Waals surface area contributed by atoms with E-state index in [-0.39, 0.29) is 6.61 Å². The van der Waals surface area contributed by atoms with Gasteiger partial charge in [0, 0.05) is 27.0 Å². The minimum absolute atomic E-state index is 0.209. The van der Waals surface area contributed by atoms with Crippen molar-refractivity contribution in [1.82, 2.24) is 19.1 Å². The molecule has 0 spiro atoms. The molecule has 2 rings (SSSR count). The van der Waals surface area contributed by atoms with Crippen molar-refractivity contribution < 1.29 is 4.74 Å². The van der Waals surface area contributed by atoms with Gasteiger partial charge in [-0.05, 0) is 0 Å². The van der Waals surface area contributed by atoms with Crippen LogP contribution < -0.4 is 11.2 Å². The largest absolute Gasteiger partial charge is 0.377 e. The first-order valence-corrected chi connectivity index (χ1v) is 7.19. The molecule has 2 aromatic heterocycles. The second-order valence-electron chi connectivity index (χ2n) is 4.38. The number of fused-ring (bicyclic) bond motifs is 1. The van der Waals surface area contributed by atoms with E-state index < -0.39 is 11.2 Å². The lowest BCUT2D eigenvalue weighted by atomic mass is 10.4. The highest BCUT2D eigenvalue weighted by molar-refractivity contribution is 7.99. The molecule has 0 unspecified atom stereocenters. The van der Waals surface area contributed by atoms with E-state index in [9.17, 15) is 9.59 Å². The summed E-state index contributed by atoms with van der Waals surface area (Å²) in [6, 6.07) is 0. The molecule has 0 aromatic carbocycles. The lowest BCUT2D eigenvalue weighted by molar-refractivity contribution is 0.177. The molecule has 0 saturated carbocycles. The van der Waals surface area contributed by atoms with Gasteiger partial charge in [-0.2, -0.15) is 0 Å². The summed E-state index contributed by atoms with van der Waals surface area (Å²) in [6.45, 7) is 3.87. The number of ether oxygens (including phenoxy) is 1. The molecule has 0 aliphatic carbocycles. The third-order valence-electron chi connectivity index (χ3n) is 2.92. The molecule has 8 heteroatoms. The Morgan fingerprint density at radius 3 is 2.62 bits per heavy atom. The molecule has 0 aliphatic heterocycles. The van der Waals surface area contributed by atoms with Crippen LogP contribution in [-0.2, 0) is 25.4 Å². The predicted octanol–water partition coefficient (Wildman–Crippen LogP) is 0.452. The van der Waals surface area contributed by atoms with Crippen LogP contribution in [0.4, 0.5) is 0 Å². The van der Waals surface area contributed by atoms with E-state index in [1.165, 1.54) is 30.5 Å². The van der Waals surface area contributed by atoms with Crippen molar-refractivity contribution in [2.45, 2.75) is 11.6 Å². The summed E-state index contributed by atoms with van der Waals surface area (Å²) < 4.78 is 7.43. The fraction of sp³-hybridized carbons (Fsp3) is 0.385. The number of nitrogens with zero attached hydrogens (tertiary/aromatic N) is 4. The summed E-state index contributed by atoms with van der Waals surface area (Å²) in [5, 5.41) is 0.870. The van der Waals surface area contributed by atoms with E-state index >= 15 is 0 Å². The lowest BCUT2D eigenvalue weighted by Gasteiger charge is -2.11. The van der Waals surface area contributed by atoms with Crippen LogP contribution >= 0.6 is 11.8 Å². The van der Waals surface area contributed by atoms with Crippen LogP contribution in [0.15, 0.2) is 27.3 Å². The Hall–Kier alpha value is -1.93. The molecule has 0 bridgehead atoms. The topological polar surface area (TPSA) is 79.0 Å². The maximum absolute atomic E-state index is 12.4. The van der Waals surface area contributed by atoms with E-state index in [4.69, 9.17) is 4.74 Å². The van der Waals surface area contributed by atoms with Crippen LogP contribution in [0.5, 0.6) is 0 Å². The minimum atomic E-state index is -0.422. The lowest BCUT2D eigenvalue weighted by Crippen LogP contribution is -2.37. The predicted molar refractivity (Wildman–Crippen MR) is 81.7 cm³/mol. The average molecular weight is 308 g/mol. The van der Waals surface area contributed by atoms with Crippen molar-refractivity contribution in [3.05, 3.63) is 39.3 Å². The molecular weight excluding hydrogens is 292 g/mol. The van der Waals surface area contributed by atoms with Gasteiger partial charge in [-0.15, -0.1) is 18.3 Å². The first-order chi connectivity index (χ1) is 10.0. The summed E-state index contributed by atoms with van der Waals surface area (Å²) in [4.78, 5) is 33.0. The fourth-order valence-electron chi connectivity index (χ4n) is 1.91. The Balaban J connectivity index is 2.87. The van der Waals surface area contributed by atoms with Crippen LogP contribution in [-0.4, -0.2) is 32.0 Å². The van der Waals surface area contributed by atoms with Crippen LogP contribution in [0.2, 0.25) is 0 Å². The summed E-state index contributed by atoms with van der Waals surface area (Å²) in [6.07, 6.45) is 1.72. The van der Waals surface area contributed by atoms with Gasteiger partial charge < -0.3 is 4.74 Å². The van der Waals surface area contributed by atoms with Gasteiger partial charge in [-0.1, -0.05) is 6.08 Å². The molecule has 2 aromatic rings. The highest BCUT2D eigenvalue weighted by Gasteiger charge is 2.16. The molecule has 2 heterocycles. The fourth-order valence-corrected chi connectivity index (χ4v) is 2.68. The smallest absolute Gasteiger partial charge is 0.332 e. The van der Waals surface area contributed by atoms with Gasteiger partial charge >= 0.3 is 5.69 Å². The molecule has 0 saturated heterocycles. The van der Waals surface area contributed by atoms with E-state index in [0.717, 1.165) is 4.57 Å². The first-order valence-electron chi connectivity index (χ1n) is 6.20. The number of methoxy groups -OCH3 is 1. The highest BCUT2D eigenvalue weighted by Crippen LogP contribution is 2.22. The van der Waals surface area contributed by atoms with Crippen molar-refractivity contribution in [2.24, 2.45) is 14.1 Å². The number of aromatic nitrogens is 4. The van der Waals surface area contributed by atoms with Crippen LogP contribution in [0, 0.1) is 0 Å². The standard InChI is InChI=1S/C13H16N4O3S/c1-5-6-21-11-9-10(14-8(15-11)7-20-4)16(2)13(19)17(3)12(9)18/h5H,1,6-7H2,2-4H3. The number of thioether (sulfide) groups is 1. The molecular formula is C13H16N4O3S. The Morgan fingerprint density at radius 2 is 2.00 bits per heavy atom. The zero-order chi connectivity index (χ0) is 15.6. The number of rotatable bonds is 5. The second-order valence-corrected chi connectivity index (χ2v) is 5.39. The quantitative estimate of drug-likeness (QED) is 0.453. The third-order valence-corrected chi connectivity index (χ3v) is 3.90. The SMILES string of the molecule is C=CCSc1nc(COC)nc2c1c(=O)n(C)c(=O)n2C. The van der Waals surface area contributed by atoms with Gasteiger partial charge in [0.1, 0.15) is 17.0 Å². The molecule has 0 amide bonds. The zero-order valence-electron chi connectivity index (χ0n) is 12.1. The Bertz CT molecular complexity index is 810. The first kappa shape index (κ1) is 15.5. The Kier molecular flexibility index (Phi) is 4.59. The highest BCUT2D eigenvalue weighted by atomic mass is 32.2. The van der Waals surface area contributed by atoms with Gasteiger partial charge in [0.05, 0.1) is 0 Å². The van der Waals surface area contributed by atoms with Crippen molar-refractivity contribution in [1.29, 1.82) is 0 Å². The van der Waals surface area contributed by atoms with E-state index in [0.29, 0.717) is 27.6 Å². The summed E-state index contributed by atoms with van der Waals surface area (Å²) in [7, 11) is 4.55. The van der Waals surface area contributed by atoms with E-state index in [2.05, 4.69) is 16.5 Å². The van der Waals surface area contributed by atoms with Crippen molar-refractivity contribution in [3.63, 3.8) is 0 Å². The monoisotopic (exact) mass is 308 g/mol. The van der Waals surface area contributed by atoms with Gasteiger partial charge in [0.2, 0.25) is 0 Å². The van der Waals surface area contributed by atoms with Crippen LogP contribution in [0.25, 0.3) is 11.0 Å². The molecule has 0 atom stereocenters. The molecule has 7 nitrogen and oxygen atoms in total. The van der Waals surface area contributed by atoms with E-state index in [1.54, 1.807) is 13.1 Å². The summed E-state index contributed by atoms with van der Waals surface area (Å²) in [5.41, 5.74) is -0.505. The normalized spacial score (nSPS) is 11.0. The number of hydrogen-bond acceptors (Lipinski definition) is 6. The molecule has 0 fully saturated rings. The van der Waals surface area contributed by atoms with Gasteiger partial charge in [0.25, 0.3) is 5.56 Å². The molecule has 0 aliphatic rings. The second kappa shape index (κ2) is 6.23. The molecule has 0 radical (unpaired) electrons. The van der Waals surface area contributed by atoms with Gasteiger partial charge in [0.15, 0.2) is 11.5 Å². The van der Waals surface area contributed by atoms with Gasteiger partial charge in [-0.3, -0.25) is 13.9 Å². The van der Waals surface area contributed by atoms with Crippen LogP contribution in [0.1, 0.15) is 5.82 Å². The van der Waals surface area contributed by atoms with Crippen LogP contribution in [0.3, 0.4) is 0 Å². The zero-order valence-corrected chi connectivity index (χ0v) is 12.9.